The van der Waals surface area contributed by atoms with Crippen LogP contribution in [-0.4, -0.2) is 110 Å². The van der Waals surface area contributed by atoms with Crippen molar-refractivity contribution in [1.29, 1.82) is 0 Å². The number of pyridine rings is 1. The van der Waals surface area contributed by atoms with Crippen molar-refractivity contribution in [3.8, 4) is 6.01 Å². The predicted octanol–water partition coefficient (Wildman–Crippen LogP) is 4.77. The average molecular weight is 718 g/mol. The van der Waals surface area contributed by atoms with E-state index in [4.69, 9.17) is 26.1 Å². The first-order chi connectivity index (χ1) is 24.8. The van der Waals surface area contributed by atoms with E-state index in [9.17, 15) is 9.59 Å². The van der Waals surface area contributed by atoms with Crippen molar-refractivity contribution in [3.63, 3.8) is 0 Å². The summed E-state index contributed by atoms with van der Waals surface area (Å²) in [6.45, 7) is 7.01. The number of anilines is 1. The summed E-state index contributed by atoms with van der Waals surface area (Å²) in [7, 11) is 0. The van der Waals surface area contributed by atoms with Gasteiger partial charge < -0.3 is 29.1 Å². The van der Waals surface area contributed by atoms with Gasteiger partial charge in [-0.05, 0) is 56.8 Å². The molecule has 0 N–H and O–H groups in total. The van der Waals surface area contributed by atoms with Crippen molar-refractivity contribution in [2.45, 2.75) is 51.8 Å². The van der Waals surface area contributed by atoms with E-state index in [1.807, 2.05) is 46.0 Å². The molecule has 1 saturated carbocycles. The zero-order chi connectivity index (χ0) is 35.0. The summed E-state index contributed by atoms with van der Waals surface area (Å²) < 4.78 is 29.0. The number of likely N-dealkylation sites (tertiary alicyclic amines) is 1. The molecule has 268 valence electrons. The van der Waals surface area contributed by atoms with E-state index in [2.05, 4.69) is 20.0 Å². The summed E-state index contributed by atoms with van der Waals surface area (Å²) in [5.41, 5.74) is 2.24. The Morgan fingerprint density at radius 3 is 2.45 bits per heavy atom. The fourth-order valence-electron chi connectivity index (χ4n) is 7.27. The molecule has 2 amide bonds. The molecule has 2 saturated heterocycles. The molecule has 0 spiro atoms. The lowest BCUT2D eigenvalue weighted by molar-refractivity contribution is 0.0539. The highest BCUT2D eigenvalue weighted by molar-refractivity contribution is 6.30. The number of aromatic nitrogens is 5. The SMILES string of the molecule is O=C(OCc1ccccc1)N1CCN(C(=O)c2cc3n(n2)CCCN(c2nc(OCC4(CN5CCCC5)CC4)nc4c(F)c(Cl)ncc24)C3)CC1. The van der Waals surface area contributed by atoms with Crippen molar-refractivity contribution in [3.05, 3.63) is 70.5 Å². The van der Waals surface area contributed by atoms with Gasteiger partial charge in [0, 0.05) is 57.4 Å². The number of amides is 2. The predicted molar refractivity (Wildman–Crippen MR) is 187 cm³/mol. The lowest BCUT2D eigenvalue weighted by atomic mass is 10.1. The molecule has 13 nitrogen and oxygen atoms in total. The summed E-state index contributed by atoms with van der Waals surface area (Å²) in [6.07, 6.45) is 6.47. The molecular formula is C36H41ClFN9O4. The maximum atomic E-state index is 15.4. The number of hydrogen-bond acceptors (Lipinski definition) is 10. The molecule has 3 fully saturated rings. The summed E-state index contributed by atoms with van der Waals surface area (Å²) in [6, 6.07) is 11.5. The number of rotatable bonds is 9. The van der Waals surface area contributed by atoms with E-state index in [1.54, 1.807) is 9.80 Å². The van der Waals surface area contributed by atoms with Gasteiger partial charge in [0.1, 0.15) is 17.9 Å². The normalized spacial score (nSPS) is 18.8. The number of halogens is 2. The molecule has 0 atom stereocenters. The Hall–Kier alpha value is -4.56. The van der Waals surface area contributed by atoms with Crippen molar-refractivity contribution >= 4 is 40.3 Å². The molecule has 4 aliphatic rings. The van der Waals surface area contributed by atoms with Gasteiger partial charge in [0.2, 0.25) is 0 Å². The largest absolute Gasteiger partial charge is 0.463 e. The van der Waals surface area contributed by atoms with Crippen LogP contribution in [0.4, 0.5) is 15.0 Å². The van der Waals surface area contributed by atoms with E-state index >= 15 is 4.39 Å². The van der Waals surface area contributed by atoms with Gasteiger partial charge in [-0.3, -0.25) is 9.48 Å². The number of ether oxygens (including phenoxy) is 2. The first kappa shape index (κ1) is 33.6. The maximum absolute atomic E-state index is 15.4. The first-order valence-electron chi connectivity index (χ1n) is 17.8. The second-order valence-electron chi connectivity index (χ2n) is 14.1. The minimum Gasteiger partial charge on any atom is -0.463 e. The Morgan fingerprint density at radius 1 is 0.922 bits per heavy atom. The molecule has 0 radical (unpaired) electrons. The summed E-state index contributed by atoms with van der Waals surface area (Å²) in [4.78, 5) is 47.5. The maximum Gasteiger partial charge on any atom is 0.410 e. The van der Waals surface area contributed by atoms with Gasteiger partial charge in [-0.25, -0.2) is 14.2 Å². The van der Waals surface area contributed by atoms with Gasteiger partial charge in [-0.15, -0.1) is 0 Å². The highest BCUT2D eigenvalue weighted by Gasteiger charge is 2.45. The lowest BCUT2D eigenvalue weighted by Crippen LogP contribution is -2.50. The van der Waals surface area contributed by atoms with Gasteiger partial charge in [0.25, 0.3) is 5.91 Å². The van der Waals surface area contributed by atoms with Gasteiger partial charge in [-0.2, -0.15) is 15.1 Å². The van der Waals surface area contributed by atoms with Gasteiger partial charge >= 0.3 is 12.1 Å². The molecular weight excluding hydrogens is 677 g/mol. The molecule has 1 aliphatic carbocycles. The molecule has 4 aromatic rings. The third kappa shape index (κ3) is 7.29. The van der Waals surface area contributed by atoms with Gasteiger partial charge in [-0.1, -0.05) is 41.9 Å². The van der Waals surface area contributed by atoms with E-state index in [0.717, 1.165) is 50.2 Å². The number of hydrogen-bond donors (Lipinski definition) is 0. The number of fused-ring (bicyclic) bond motifs is 2. The van der Waals surface area contributed by atoms with Crippen molar-refractivity contribution in [2.24, 2.45) is 5.41 Å². The molecule has 1 aromatic carbocycles. The smallest absolute Gasteiger partial charge is 0.410 e. The van der Waals surface area contributed by atoms with Crippen LogP contribution in [0.15, 0.2) is 42.6 Å². The monoisotopic (exact) mass is 717 g/mol. The highest BCUT2D eigenvalue weighted by Crippen LogP contribution is 2.47. The fourth-order valence-corrected chi connectivity index (χ4v) is 7.41. The van der Waals surface area contributed by atoms with Crippen LogP contribution in [0.2, 0.25) is 5.15 Å². The van der Waals surface area contributed by atoms with Crippen LogP contribution in [0, 0.1) is 11.2 Å². The molecule has 3 aromatic heterocycles. The van der Waals surface area contributed by atoms with Crippen molar-refractivity contribution < 1.29 is 23.5 Å². The van der Waals surface area contributed by atoms with Crippen molar-refractivity contribution in [1.82, 2.24) is 39.4 Å². The Balaban J connectivity index is 0.951. The molecule has 6 heterocycles. The van der Waals surface area contributed by atoms with Crippen molar-refractivity contribution in [2.75, 3.05) is 63.9 Å². The van der Waals surface area contributed by atoms with Crippen LogP contribution in [0.1, 0.15) is 53.8 Å². The Labute approximate surface area is 300 Å². The molecule has 0 unspecified atom stereocenters. The third-order valence-electron chi connectivity index (χ3n) is 10.4. The zero-order valence-corrected chi connectivity index (χ0v) is 29.2. The number of aryl methyl sites for hydroxylation is 1. The van der Waals surface area contributed by atoms with Crippen LogP contribution in [0.5, 0.6) is 6.01 Å². The number of piperazine rings is 1. The minimum absolute atomic E-state index is 0.0658. The molecule has 51 heavy (non-hydrogen) atoms. The van der Waals surface area contributed by atoms with Gasteiger partial charge in [0.15, 0.2) is 16.7 Å². The average Bonchev–Trinajstić information content (AvgIpc) is 3.60. The fraction of sp³-hybridized carbons (Fsp3) is 0.500. The van der Waals surface area contributed by atoms with Gasteiger partial charge in [0.05, 0.1) is 24.2 Å². The van der Waals surface area contributed by atoms with E-state index in [1.165, 1.54) is 19.0 Å². The van der Waals surface area contributed by atoms with Crippen LogP contribution in [-0.2, 0) is 24.4 Å². The number of carbonyl (C=O) groups excluding carboxylic acids is 2. The van der Waals surface area contributed by atoms with Crippen LogP contribution in [0.25, 0.3) is 10.9 Å². The van der Waals surface area contributed by atoms with E-state index < -0.39 is 11.9 Å². The Bertz CT molecular complexity index is 1910. The highest BCUT2D eigenvalue weighted by atomic mass is 35.5. The Morgan fingerprint density at radius 2 is 1.69 bits per heavy atom. The number of nitrogens with zero attached hydrogens (tertiary/aromatic N) is 9. The standard InChI is InChI=1S/C36H41ClFN9O4/c37-31-29(38)30-27(20-39-31)32(41-34(40-30)51-24-36(9-10-36)23-43-11-4-5-12-43)46-13-6-14-47-26(21-46)19-28(42-47)33(48)44-15-17-45(18-16-44)35(49)50-22-25-7-2-1-3-8-25/h1-3,7-8,19-20H,4-6,9-18,21-24H2. The summed E-state index contributed by atoms with van der Waals surface area (Å²) in [5.74, 6) is -0.398. The second-order valence-corrected chi connectivity index (χ2v) is 14.4. The first-order valence-corrected chi connectivity index (χ1v) is 18.2. The van der Waals surface area contributed by atoms with Crippen LogP contribution in [0.3, 0.4) is 0 Å². The summed E-state index contributed by atoms with van der Waals surface area (Å²) >= 11 is 6.10. The Kier molecular flexibility index (Phi) is 9.36. The third-order valence-corrected chi connectivity index (χ3v) is 10.6. The molecule has 3 aliphatic heterocycles. The molecule has 0 bridgehead atoms. The second kappa shape index (κ2) is 14.2. The number of benzene rings is 1. The van der Waals surface area contributed by atoms with E-state index in [-0.39, 0.29) is 34.6 Å². The summed E-state index contributed by atoms with van der Waals surface area (Å²) in [5, 5.41) is 4.86. The minimum atomic E-state index is -0.710. The lowest BCUT2D eigenvalue weighted by Gasteiger charge is -2.33. The molecule has 15 heteroatoms. The number of carbonyl (C=O) groups is 2. The van der Waals surface area contributed by atoms with Crippen LogP contribution >= 0.6 is 11.6 Å². The molecule has 8 rings (SSSR count). The quantitative estimate of drug-likeness (QED) is 0.224. The van der Waals surface area contributed by atoms with E-state index in [0.29, 0.717) is 69.3 Å². The zero-order valence-electron chi connectivity index (χ0n) is 28.5. The topological polar surface area (TPSA) is 122 Å². The van der Waals surface area contributed by atoms with Crippen LogP contribution < -0.4 is 9.64 Å².